The lowest BCUT2D eigenvalue weighted by atomic mass is 10.2. The van der Waals surface area contributed by atoms with E-state index in [1.54, 1.807) is 12.1 Å². The highest BCUT2D eigenvalue weighted by Gasteiger charge is 2.11. The fourth-order valence-electron chi connectivity index (χ4n) is 1.17. The molecular weight excluding hydrogens is 234 g/mol. The number of ether oxygens (including phenoxy) is 2. The van der Waals surface area contributed by atoms with Gasteiger partial charge in [0.15, 0.2) is 11.5 Å². The molecule has 0 fully saturated rings. The number of hydrogen-bond donors (Lipinski definition) is 0. The van der Waals surface area contributed by atoms with Crippen LogP contribution >= 0.6 is 11.6 Å². The molecule has 0 aliphatic rings. The summed E-state index contributed by atoms with van der Waals surface area (Å²) in [5.41, 5.74) is 0.496. The van der Waals surface area contributed by atoms with Gasteiger partial charge in [0.05, 0.1) is 24.2 Å². The Balaban J connectivity index is 3.18. The molecule has 0 saturated heterocycles. The molecule has 0 amide bonds. The summed E-state index contributed by atoms with van der Waals surface area (Å²) in [6.45, 7) is 0. The van der Waals surface area contributed by atoms with E-state index in [9.17, 15) is 10.1 Å². The number of rotatable bonds is 4. The van der Waals surface area contributed by atoms with Crippen molar-refractivity contribution in [1.29, 1.82) is 0 Å². The molecule has 1 aromatic rings. The Kier molecular flexibility index (Phi) is 4.13. The molecule has 0 bridgehead atoms. The summed E-state index contributed by atoms with van der Waals surface area (Å²) in [5, 5.41) is 10.5. The second-order valence-electron chi connectivity index (χ2n) is 2.81. The molecule has 5 nitrogen and oxygen atoms in total. The zero-order chi connectivity index (χ0) is 12.1. The van der Waals surface area contributed by atoms with Crippen molar-refractivity contribution in [1.82, 2.24) is 0 Å². The Morgan fingerprint density at radius 2 is 2.06 bits per heavy atom. The fraction of sp³-hybridized carbons (Fsp3) is 0.200. The van der Waals surface area contributed by atoms with Crippen molar-refractivity contribution in [3.63, 3.8) is 0 Å². The third-order valence-corrected chi connectivity index (χ3v) is 2.28. The summed E-state index contributed by atoms with van der Waals surface area (Å²) in [6, 6.07) is 3.24. The van der Waals surface area contributed by atoms with E-state index in [-0.39, 0.29) is 5.02 Å². The molecule has 0 spiro atoms. The molecule has 16 heavy (non-hydrogen) atoms. The van der Waals surface area contributed by atoms with Gasteiger partial charge in [-0.15, -0.1) is 0 Å². The van der Waals surface area contributed by atoms with Crippen LogP contribution in [-0.2, 0) is 0 Å². The van der Waals surface area contributed by atoms with E-state index in [4.69, 9.17) is 21.1 Å². The van der Waals surface area contributed by atoms with Gasteiger partial charge in [0.1, 0.15) is 0 Å². The van der Waals surface area contributed by atoms with E-state index in [2.05, 4.69) is 0 Å². The molecule has 0 unspecified atom stereocenters. The van der Waals surface area contributed by atoms with Crippen molar-refractivity contribution in [3.8, 4) is 11.5 Å². The Hall–Kier alpha value is -1.75. The van der Waals surface area contributed by atoms with Crippen LogP contribution < -0.4 is 9.47 Å². The lowest BCUT2D eigenvalue weighted by Gasteiger charge is -2.10. The number of benzene rings is 1. The van der Waals surface area contributed by atoms with Gasteiger partial charge in [-0.25, -0.2) is 0 Å². The third kappa shape index (κ3) is 2.64. The van der Waals surface area contributed by atoms with Crippen molar-refractivity contribution < 1.29 is 14.4 Å². The van der Waals surface area contributed by atoms with E-state index in [1.807, 2.05) is 0 Å². The van der Waals surface area contributed by atoms with Crippen molar-refractivity contribution in [2.45, 2.75) is 0 Å². The van der Waals surface area contributed by atoms with Crippen LogP contribution in [0.1, 0.15) is 5.56 Å². The molecule has 0 N–H and O–H groups in total. The lowest BCUT2D eigenvalue weighted by molar-refractivity contribution is -0.400. The topological polar surface area (TPSA) is 61.6 Å². The Bertz CT molecular complexity index is 431. The van der Waals surface area contributed by atoms with Gasteiger partial charge in [0.25, 0.3) is 0 Å². The second kappa shape index (κ2) is 5.37. The van der Waals surface area contributed by atoms with Gasteiger partial charge >= 0.3 is 0 Å². The highest BCUT2D eigenvalue weighted by Crippen LogP contribution is 2.37. The van der Waals surface area contributed by atoms with Crippen molar-refractivity contribution >= 4 is 17.7 Å². The van der Waals surface area contributed by atoms with Gasteiger partial charge < -0.3 is 9.47 Å². The first-order chi connectivity index (χ1) is 7.60. The Morgan fingerprint density at radius 3 is 2.56 bits per heavy atom. The molecule has 0 aromatic heterocycles. The zero-order valence-electron chi connectivity index (χ0n) is 8.77. The molecule has 0 heterocycles. The average Bonchev–Trinajstić information content (AvgIpc) is 2.26. The van der Waals surface area contributed by atoms with E-state index >= 15 is 0 Å². The summed E-state index contributed by atoms with van der Waals surface area (Å²) in [4.78, 5) is 9.62. The van der Waals surface area contributed by atoms with Crippen molar-refractivity contribution in [2.24, 2.45) is 0 Å². The standard InChI is InChI=1S/C10H10ClNO4/c1-15-8-4-3-7(5-6-12(13)14)9(11)10(8)16-2/h3-6H,1-2H3. The van der Waals surface area contributed by atoms with Gasteiger partial charge in [-0.3, -0.25) is 10.1 Å². The molecule has 0 aliphatic carbocycles. The van der Waals surface area contributed by atoms with Crippen LogP contribution in [-0.4, -0.2) is 19.1 Å². The molecule has 0 radical (unpaired) electrons. The predicted octanol–water partition coefficient (Wildman–Crippen LogP) is 2.60. The molecule has 86 valence electrons. The van der Waals surface area contributed by atoms with Gasteiger partial charge in [-0.05, 0) is 12.1 Å². The number of methoxy groups -OCH3 is 2. The number of nitro groups is 1. The average molecular weight is 244 g/mol. The van der Waals surface area contributed by atoms with E-state index in [1.165, 1.54) is 20.3 Å². The molecular formula is C10H10ClNO4. The van der Waals surface area contributed by atoms with Crippen LogP contribution in [0.4, 0.5) is 0 Å². The van der Waals surface area contributed by atoms with Crippen LogP contribution in [0.15, 0.2) is 18.3 Å². The summed E-state index contributed by atoms with van der Waals surface area (Å²) in [6.07, 6.45) is 2.11. The van der Waals surface area contributed by atoms with Crippen LogP contribution in [0, 0.1) is 10.1 Å². The normalized spacial score (nSPS) is 10.4. The van der Waals surface area contributed by atoms with Crippen LogP contribution in [0.5, 0.6) is 11.5 Å². The highest BCUT2D eigenvalue weighted by atomic mass is 35.5. The molecule has 0 aliphatic heterocycles. The number of hydrogen-bond acceptors (Lipinski definition) is 4. The predicted molar refractivity (Wildman–Crippen MR) is 60.6 cm³/mol. The molecule has 1 aromatic carbocycles. The van der Waals surface area contributed by atoms with E-state index in [0.29, 0.717) is 17.1 Å². The van der Waals surface area contributed by atoms with Crippen LogP contribution in [0.25, 0.3) is 6.08 Å². The minimum absolute atomic E-state index is 0.278. The monoisotopic (exact) mass is 243 g/mol. The maximum Gasteiger partial charge on any atom is 0.235 e. The van der Waals surface area contributed by atoms with Crippen LogP contribution in [0.3, 0.4) is 0 Å². The van der Waals surface area contributed by atoms with Crippen molar-refractivity contribution in [2.75, 3.05) is 14.2 Å². The first-order valence-corrected chi connectivity index (χ1v) is 4.70. The SMILES string of the molecule is COc1ccc(C=C[N+](=O)[O-])c(Cl)c1OC. The van der Waals surface area contributed by atoms with Crippen molar-refractivity contribution in [3.05, 3.63) is 39.0 Å². The first-order valence-electron chi connectivity index (χ1n) is 4.32. The Labute approximate surface area is 97.4 Å². The molecule has 6 heteroatoms. The third-order valence-electron chi connectivity index (χ3n) is 1.89. The van der Waals surface area contributed by atoms with E-state index < -0.39 is 4.92 Å². The smallest absolute Gasteiger partial charge is 0.235 e. The summed E-state index contributed by atoms with van der Waals surface area (Å²) in [7, 11) is 2.94. The largest absolute Gasteiger partial charge is 0.493 e. The minimum atomic E-state index is -0.562. The zero-order valence-corrected chi connectivity index (χ0v) is 9.52. The maximum atomic E-state index is 10.2. The highest BCUT2D eigenvalue weighted by molar-refractivity contribution is 6.33. The van der Waals surface area contributed by atoms with Gasteiger partial charge in [-0.1, -0.05) is 11.6 Å². The first kappa shape index (κ1) is 12.3. The molecule has 0 atom stereocenters. The quantitative estimate of drug-likeness (QED) is 0.602. The summed E-state index contributed by atoms with van der Waals surface area (Å²) < 4.78 is 10.1. The van der Waals surface area contributed by atoms with Crippen LogP contribution in [0.2, 0.25) is 5.02 Å². The summed E-state index contributed by atoms with van der Waals surface area (Å²) >= 11 is 6.00. The lowest BCUT2D eigenvalue weighted by Crippen LogP contribution is -1.93. The second-order valence-corrected chi connectivity index (χ2v) is 3.18. The molecule has 0 saturated carbocycles. The van der Waals surface area contributed by atoms with Gasteiger partial charge in [0, 0.05) is 11.6 Å². The maximum absolute atomic E-state index is 10.2. The summed E-state index contributed by atoms with van der Waals surface area (Å²) in [5.74, 6) is 0.834. The molecule has 1 rings (SSSR count). The number of nitrogens with zero attached hydrogens (tertiary/aromatic N) is 1. The van der Waals surface area contributed by atoms with E-state index in [0.717, 1.165) is 6.20 Å². The number of halogens is 1. The fourth-order valence-corrected chi connectivity index (χ4v) is 1.47. The van der Waals surface area contributed by atoms with Gasteiger partial charge in [0.2, 0.25) is 6.20 Å². The van der Waals surface area contributed by atoms with Gasteiger partial charge in [-0.2, -0.15) is 0 Å². The Morgan fingerprint density at radius 1 is 1.38 bits per heavy atom. The minimum Gasteiger partial charge on any atom is -0.493 e.